The van der Waals surface area contributed by atoms with Gasteiger partial charge in [0.15, 0.2) is 0 Å². The average molecular weight is 179 g/mol. The standard InChI is InChI=1S/C12H21N/c1-3-5-9-12(8-4-2)13-10-6-7-11-13/h5,8-9H,3-4,6-7,10-11H2,1-2H3/b9-5?,12-8+. The van der Waals surface area contributed by atoms with Crippen molar-refractivity contribution in [3.05, 3.63) is 23.9 Å². The smallest absolute Gasteiger partial charge is 0.0322 e. The van der Waals surface area contributed by atoms with E-state index in [0.717, 1.165) is 12.8 Å². The van der Waals surface area contributed by atoms with Crippen molar-refractivity contribution in [2.75, 3.05) is 13.1 Å². The van der Waals surface area contributed by atoms with Gasteiger partial charge in [0.1, 0.15) is 0 Å². The maximum Gasteiger partial charge on any atom is 0.0322 e. The fraction of sp³-hybridized carbons (Fsp3) is 0.667. The molecule has 1 fully saturated rings. The topological polar surface area (TPSA) is 3.24 Å². The van der Waals surface area contributed by atoms with E-state index in [9.17, 15) is 0 Å². The highest BCUT2D eigenvalue weighted by atomic mass is 15.1. The van der Waals surface area contributed by atoms with Crippen molar-refractivity contribution in [3.63, 3.8) is 0 Å². The summed E-state index contributed by atoms with van der Waals surface area (Å²) in [7, 11) is 0. The molecule has 0 spiro atoms. The summed E-state index contributed by atoms with van der Waals surface area (Å²) in [6.07, 6.45) is 11.9. The molecule has 0 unspecified atom stereocenters. The van der Waals surface area contributed by atoms with Crippen molar-refractivity contribution in [2.45, 2.75) is 39.5 Å². The molecule has 0 bridgehead atoms. The molecule has 1 rings (SSSR count). The summed E-state index contributed by atoms with van der Waals surface area (Å²) in [5, 5.41) is 0. The van der Waals surface area contributed by atoms with Gasteiger partial charge in [-0.15, -0.1) is 0 Å². The molecule has 0 N–H and O–H groups in total. The first-order valence-corrected chi connectivity index (χ1v) is 5.50. The molecule has 1 aliphatic heterocycles. The summed E-state index contributed by atoms with van der Waals surface area (Å²) in [4.78, 5) is 2.50. The van der Waals surface area contributed by atoms with Crippen LogP contribution in [0.25, 0.3) is 0 Å². The molecule has 0 aromatic carbocycles. The van der Waals surface area contributed by atoms with Gasteiger partial charge in [0, 0.05) is 18.8 Å². The van der Waals surface area contributed by atoms with Gasteiger partial charge in [-0.2, -0.15) is 0 Å². The minimum Gasteiger partial charge on any atom is -0.372 e. The minimum atomic E-state index is 1.13. The Hall–Kier alpha value is -0.720. The molecule has 0 aromatic heterocycles. The Labute approximate surface area is 82.1 Å². The summed E-state index contributed by atoms with van der Waals surface area (Å²) in [6, 6.07) is 0. The molecule has 1 nitrogen and oxygen atoms in total. The summed E-state index contributed by atoms with van der Waals surface area (Å²) in [5.74, 6) is 0. The van der Waals surface area contributed by atoms with E-state index >= 15 is 0 Å². The molecule has 1 heterocycles. The maximum absolute atomic E-state index is 2.50. The molecule has 0 saturated carbocycles. The summed E-state index contributed by atoms with van der Waals surface area (Å²) < 4.78 is 0. The molecule has 0 aromatic rings. The average Bonchev–Trinajstić information content (AvgIpc) is 2.65. The Balaban J connectivity index is 2.55. The monoisotopic (exact) mass is 179 g/mol. The number of rotatable bonds is 4. The predicted molar refractivity (Wildman–Crippen MR) is 58.6 cm³/mol. The van der Waals surface area contributed by atoms with E-state index in [4.69, 9.17) is 0 Å². The van der Waals surface area contributed by atoms with Gasteiger partial charge in [-0.05, 0) is 31.8 Å². The van der Waals surface area contributed by atoms with Crippen LogP contribution in [0.15, 0.2) is 23.9 Å². The molecule has 1 heteroatoms. The van der Waals surface area contributed by atoms with Crippen molar-refractivity contribution < 1.29 is 0 Å². The molecule has 0 amide bonds. The van der Waals surface area contributed by atoms with E-state index in [0.29, 0.717) is 0 Å². The lowest BCUT2D eigenvalue weighted by Crippen LogP contribution is -2.17. The van der Waals surface area contributed by atoms with Crippen molar-refractivity contribution in [2.24, 2.45) is 0 Å². The van der Waals surface area contributed by atoms with E-state index in [1.807, 2.05) is 0 Å². The second-order valence-corrected chi connectivity index (χ2v) is 3.54. The van der Waals surface area contributed by atoms with Crippen LogP contribution >= 0.6 is 0 Å². The van der Waals surface area contributed by atoms with Crippen LogP contribution in [0.2, 0.25) is 0 Å². The molecule has 0 atom stereocenters. The van der Waals surface area contributed by atoms with Crippen LogP contribution in [-0.4, -0.2) is 18.0 Å². The fourth-order valence-electron chi connectivity index (χ4n) is 1.73. The number of hydrogen-bond acceptors (Lipinski definition) is 1. The SMILES string of the molecule is CCC=C/C(=C\CC)N1CCCC1. The largest absolute Gasteiger partial charge is 0.372 e. The third kappa shape index (κ3) is 3.25. The minimum absolute atomic E-state index is 1.13. The van der Waals surface area contributed by atoms with Crippen LogP contribution in [0.3, 0.4) is 0 Å². The summed E-state index contributed by atoms with van der Waals surface area (Å²) in [6.45, 7) is 6.89. The van der Waals surface area contributed by atoms with E-state index in [1.54, 1.807) is 0 Å². The predicted octanol–water partition coefficient (Wildman–Crippen LogP) is 3.34. The first-order chi connectivity index (χ1) is 6.38. The van der Waals surface area contributed by atoms with Crippen molar-refractivity contribution >= 4 is 0 Å². The van der Waals surface area contributed by atoms with Crippen molar-refractivity contribution in [1.82, 2.24) is 4.90 Å². The van der Waals surface area contributed by atoms with Crippen LogP contribution in [0.1, 0.15) is 39.5 Å². The number of hydrogen-bond donors (Lipinski definition) is 0. The highest BCUT2D eigenvalue weighted by molar-refractivity contribution is 5.18. The Morgan fingerprint density at radius 1 is 1.15 bits per heavy atom. The molecule has 13 heavy (non-hydrogen) atoms. The van der Waals surface area contributed by atoms with Gasteiger partial charge < -0.3 is 4.90 Å². The van der Waals surface area contributed by atoms with Gasteiger partial charge in [0.2, 0.25) is 0 Å². The molecule has 1 aliphatic rings. The van der Waals surface area contributed by atoms with E-state index < -0.39 is 0 Å². The Morgan fingerprint density at radius 2 is 1.85 bits per heavy atom. The molecule has 0 radical (unpaired) electrons. The van der Waals surface area contributed by atoms with Crippen LogP contribution in [0, 0.1) is 0 Å². The van der Waals surface area contributed by atoms with Gasteiger partial charge in [-0.25, -0.2) is 0 Å². The van der Waals surface area contributed by atoms with Gasteiger partial charge in [-0.1, -0.05) is 26.0 Å². The Bertz CT molecular complexity index is 185. The normalized spacial score (nSPS) is 18.9. The van der Waals surface area contributed by atoms with Gasteiger partial charge >= 0.3 is 0 Å². The van der Waals surface area contributed by atoms with Crippen molar-refractivity contribution in [3.8, 4) is 0 Å². The number of nitrogens with zero attached hydrogens (tertiary/aromatic N) is 1. The molecule has 0 aliphatic carbocycles. The van der Waals surface area contributed by atoms with Crippen molar-refractivity contribution in [1.29, 1.82) is 0 Å². The van der Waals surface area contributed by atoms with Crippen LogP contribution in [0.4, 0.5) is 0 Å². The highest BCUT2D eigenvalue weighted by Crippen LogP contribution is 2.16. The second-order valence-electron chi connectivity index (χ2n) is 3.54. The first-order valence-electron chi connectivity index (χ1n) is 5.50. The highest BCUT2D eigenvalue weighted by Gasteiger charge is 2.11. The lowest BCUT2D eigenvalue weighted by atomic mass is 10.2. The quantitative estimate of drug-likeness (QED) is 0.598. The zero-order chi connectivity index (χ0) is 9.52. The van der Waals surface area contributed by atoms with Gasteiger partial charge in [0.05, 0.1) is 0 Å². The Kier molecular flexibility index (Phi) is 4.66. The van der Waals surface area contributed by atoms with E-state index in [1.165, 1.54) is 31.6 Å². The van der Waals surface area contributed by atoms with E-state index in [-0.39, 0.29) is 0 Å². The third-order valence-corrected chi connectivity index (χ3v) is 2.41. The first kappa shape index (κ1) is 10.4. The lowest BCUT2D eigenvalue weighted by Gasteiger charge is -2.18. The zero-order valence-corrected chi connectivity index (χ0v) is 8.92. The molecular weight excluding hydrogens is 158 g/mol. The number of likely N-dealkylation sites (tertiary alicyclic amines) is 1. The van der Waals surface area contributed by atoms with Crippen LogP contribution < -0.4 is 0 Å². The third-order valence-electron chi connectivity index (χ3n) is 2.41. The summed E-state index contributed by atoms with van der Waals surface area (Å²) >= 11 is 0. The lowest BCUT2D eigenvalue weighted by molar-refractivity contribution is 0.438. The molecule has 74 valence electrons. The summed E-state index contributed by atoms with van der Waals surface area (Å²) in [5.41, 5.74) is 1.43. The van der Waals surface area contributed by atoms with Crippen LogP contribution in [-0.2, 0) is 0 Å². The van der Waals surface area contributed by atoms with E-state index in [2.05, 4.69) is 37.0 Å². The van der Waals surface area contributed by atoms with Gasteiger partial charge in [0.25, 0.3) is 0 Å². The van der Waals surface area contributed by atoms with Crippen LogP contribution in [0.5, 0.6) is 0 Å². The maximum atomic E-state index is 2.50. The zero-order valence-electron chi connectivity index (χ0n) is 8.92. The molecule has 1 saturated heterocycles. The fourth-order valence-corrected chi connectivity index (χ4v) is 1.73. The Morgan fingerprint density at radius 3 is 2.38 bits per heavy atom. The van der Waals surface area contributed by atoms with Gasteiger partial charge in [-0.3, -0.25) is 0 Å². The molecular formula is C12H21N. The number of allylic oxidation sites excluding steroid dienone is 3. The second kappa shape index (κ2) is 5.85.